The molecule has 3 N–H and O–H groups in total. The van der Waals surface area contributed by atoms with Crippen molar-refractivity contribution >= 4 is 39.9 Å². The summed E-state index contributed by atoms with van der Waals surface area (Å²) < 4.78 is 2.02. The Bertz CT molecular complexity index is 1090. The summed E-state index contributed by atoms with van der Waals surface area (Å²) in [5, 5.41) is 12.8. The fourth-order valence-corrected chi connectivity index (χ4v) is 5.82. The second-order valence-electron chi connectivity index (χ2n) is 7.31. The molecule has 10 heteroatoms. The van der Waals surface area contributed by atoms with Crippen LogP contribution in [0.25, 0.3) is 11.4 Å². The van der Waals surface area contributed by atoms with Crippen LogP contribution in [0.1, 0.15) is 47.0 Å². The second kappa shape index (κ2) is 9.61. The van der Waals surface area contributed by atoms with Crippen molar-refractivity contribution in [1.82, 2.24) is 19.7 Å². The average molecular weight is 457 g/mol. The predicted octanol–water partition coefficient (Wildman–Crippen LogP) is 3.52. The van der Waals surface area contributed by atoms with Gasteiger partial charge in [0, 0.05) is 29.4 Å². The lowest BCUT2D eigenvalue weighted by molar-refractivity contribution is -0.113. The number of nitrogens with zero attached hydrogens (tertiary/aromatic N) is 4. The van der Waals surface area contributed by atoms with Gasteiger partial charge in [0.2, 0.25) is 5.91 Å². The maximum Gasteiger partial charge on any atom is 0.251 e. The molecule has 0 saturated carbocycles. The predicted molar refractivity (Wildman–Crippen MR) is 122 cm³/mol. The van der Waals surface area contributed by atoms with E-state index in [0.29, 0.717) is 15.7 Å². The molecule has 0 radical (unpaired) electrons. The highest BCUT2D eigenvalue weighted by Crippen LogP contribution is 2.38. The van der Waals surface area contributed by atoms with Crippen LogP contribution in [-0.2, 0) is 24.2 Å². The zero-order valence-corrected chi connectivity index (χ0v) is 18.9. The van der Waals surface area contributed by atoms with Crippen molar-refractivity contribution in [3.63, 3.8) is 0 Å². The monoisotopic (exact) mass is 456 g/mol. The first kappa shape index (κ1) is 21.5. The summed E-state index contributed by atoms with van der Waals surface area (Å²) in [6, 6.07) is 3.78. The number of carbonyl (C=O) groups is 2. The van der Waals surface area contributed by atoms with Crippen molar-refractivity contribution in [3.8, 4) is 11.4 Å². The van der Waals surface area contributed by atoms with E-state index in [1.807, 2.05) is 16.7 Å². The lowest BCUT2D eigenvalue weighted by Gasteiger charge is -2.11. The molecule has 1 aliphatic rings. The molecule has 0 spiro atoms. The average Bonchev–Trinajstić information content (AvgIpc) is 3.34. The van der Waals surface area contributed by atoms with Gasteiger partial charge in [0.15, 0.2) is 11.0 Å². The van der Waals surface area contributed by atoms with Crippen molar-refractivity contribution in [1.29, 1.82) is 0 Å². The number of primary amides is 1. The Labute approximate surface area is 188 Å². The lowest BCUT2D eigenvalue weighted by atomic mass is 9.95. The summed E-state index contributed by atoms with van der Waals surface area (Å²) >= 11 is 2.80. The molecule has 8 nitrogen and oxygen atoms in total. The van der Waals surface area contributed by atoms with Gasteiger partial charge in [-0.1, -0.05) is 18.7 Å². The summed E-state index contributed by atoms with van der Waals surface area (Å²) in [5.41, 5.74) is 8.04. The largest absolute Gasteiger partial charge is 0.365 e. The fraction of sp³-hybridized carbons (Fsp3) is 0.381. The van der Waals surface area contributed by atoms with Crippen LogP contribution in [0.3, 0.4) is 0 Å². The smallest absolute Gasteiger partial charge is 0.251 e. The summed E-state index contributed by atoms with van der Waals surface area (Å²) in [6.07, 6.45) is 8.27. The van der Waals surface area contributed by atoms with E-state index in [-0.39, 0.29) is 11.7 Å². The van der Waals surface area contributed by atoms with Gasteiger partial charge in [-0.15, -0.1) is 21.5 Å². The van der Waals surface area contributed by atoms with Crippen molar-refractivity contribution in [2.75, 3.05) is 11.1 Å². The van der Waals surface area contributed by atoms with Crippen molar-refractivity contribution < 1.29 is 9.59 Å². The first-order valence-corrected chi connectivity index (χ1v) is 12.1. The standard InChI is InChI=1S/C21H24N6O2S2/c1-2-11-27-19(13-7-9-23-10-8-13)25-26-21(27)30-12-16(28)24-20-17(18(22)29)14-5-3-4-6-15(14)31-20/h7-10H,2-6,11-12H2,1H3,(H2,22,29)(H,24,28). The van der Waals surface area contributed by atoms with Crippen molar-refractivity contribution in [2.24, 2.45) is 5.73 Å². The van der Waals surface area contributed by atoms with E-state index in [2.05, 4.69) is 27.4 Å². The Kier molecular flexibility index (Phi) is 6.67. The van der Waals surface area contributed by atoms with Gasteiger partial charge in [-0.2, -0.15) is 0 Å². The van der Waals surface area contributed by atoms with Gasteiger partial charge in [0.1, 0.15) is 5.00 Å². The van der Waals surface area contributed by atoms with Crippen LogP contribution in [0.4, 0.5) is 5.00 Å². The van der Waals surface area contributed by atoms with Gasteiger partial charge in [0.05, 0.1) is 11.3 Å². The SMILES string of the molecule is CCCn1c(SCC(=O)Nc2sc3c(c2C(N)=O)CCCC3)nnc1-c1ccncc1. The molecule has 0 fully saturated rings. The number of amides is 2. The van der Waals surface area contributed by atoms with E-state index in [0.717, 1.165) is 60.5 Å². The molecule has 0 atom stereocenters. The third kappa shape index (κ3) is 4.64. The topological polar surface area (TPSA) is 116 Å². The molecule has 4 rings (SSSR count). The number of rotatable bonds is 8. The third-order valence-electron chi connectivity index (χ3n) is 5.11. The van der Waals surface area contributed by atoms with E-state index in [9.17, 15) is 9.59 Å². The third-order valence-corrected chi connectivity index (χ3v) is 7.28. The van der Waals surface area contributed by atoms with Gasteiger partial charge in [-0.3, -0.25) is 14.6 Å². The molecule has 2 amide bonds. The number of pyridine rings is 1. The highest BCUT2D eigenvalue weighted by molar-refractivity contribution is 7.99. The van der Waals surface area contributed by atoms with E-state index in [1.165, 1.54) is 23.1 Å². The molecule has 0 aromatic carbocycles. The number of fused-ring (bicyclic) bond motifs is 1. The van der Waals surface area contributed by atoms with E-state index in [1.54, 1.807) is 12.4 Å². The molecule has 0 saturated heterocycles. The number of hydrogen-bond acceptors (Lipinski definition) is 7. The second-order valence-corrected chi connectivity index (χ2v) is 9.36. The van der Waals surface area contributed by atoms with Crippen LogP contribution < -0.4 is 11.1 Å². The molecule has 3 aromatic rings. The number of aryl methyl sites for hydroxylation is 1. The molecule has 3 heterocycles. The maximum absolute atomic E-state index is 12.7. The van der Waals surface area contributed by atoms with Gasteiger partial charge in [-0.05, 0) is 49.8 Å². The molecule has 162 valence electrons. The molecular formula is C21H24N6O2S2. The van der Waals surface area contributed by atoms with Gasteiger partial charge >= 0.3 is 0 Å². The number of nitrogens with two attached hydrogens (primary N) is 1. The maximum atomic E-state index is 12.7. The summed E-state index contributed by atoms with van der Waals surface area (Å²) in [4.78, 5) is 29.9. The molecule has 0 aliphatic heterocycles. The quantitative estimate of drug-likeness (QED) is 0.501. The molecule has 0 bridgehead atoms. The minimum absolute atomic E-state index is 0.166. The highest BCUT2D eigenvalue weighted by atomic mass is 32.2. The van der Waals surface area contributed by atoms with Crippen LogP contribution >= 0.6 is 23.1 Å². The first-order chi connectivity index (χ1) is 15.1. The Morgan fingerprint density at radius 3 is 2.74 bits per heavy atom. The lowest BCUT2D eigenvalue weighted by Crippen LogP contribution is -2.19. The molecule has 0 unspecified atom stereocenters. The van der Waals surface area contributed by atoms with Crippen LogP contribution in [0.15, 0.2) is 29.7 Å². The van der Waals surface area contributed by atoms with Crippen molar-refractivity contribution in [3.05, 3.63) is 40.5 Å². The number of anilines is 1. The Morgan fingerprint density at radius 2 is 2.00 bits per heavy atom. The van der Waals surface area contributed by atoms with Crippen LogP contribution in [0.5, 0.6) is 0 Å². The van der Waals surface area contributed by atoms with Crippen LogP contribution in [0.2, 0.25) is 0 Å². The fourth-order valence-electron chi connectivity index (χ4n) is 3.74. The number of carbonyl (C=O) groups excluding carboxylic acids is 2. The summed E-state index contributed by atoms with van der Waals surface area (Å²) in [6.45, 7) is 2.83. The van der Waals surface area contributed by atoms with Crippen LogP contribution in [0, 0.1) is 0 Å². The van der Waals surface area contributed by atoms with Gasteiger partial charge in [0.25, 0.3) is 5.91 Å². The number of hydrogen-bond donors (Lipinski definition) is 2. The Hall–Kier alpha value is -2.72. The van der Waals surface area contributed by atoms with E-state index in [4.69, 9.17) is 5.73 Å². The Balaban J connectivity index is 1.48. The minimum atomic E-state index is -0.480. The Morgan fingerprint density at radius 1 is 1.23 bits per heavy atom. The first-order valence-electron chi connectivity index (χ1n) is 10.3. The van der Waals surface area contributed by atoms with E-state index < -0.39 is 5.91 Å². The summed E-state index contributed by atoms with van der Waals surface area (Å²) in [7, 11) is 0. The van der Waals surface area contributed by atoms with Crippen LogP contribution in [-0.4, -0.2) is 37.3 Å². The normalized spacial score (nSPS) is 13.1. The molecule has 3 aromatic heterocycles. The zero-order chi connectivity index (χ0) is 21.8. The number of aromatic nitrogens is 4. The zero-order valence-electron chi connectivity index (χ0n) is 17.3. The van der Waals surface area contributed by atoms with Gasteiger partial charge in [-0.25, -0.2) is 0 Å². The van der Waals surface area contributed by atoms with E-state index >= 15 is 0 Å². The number of thioether (sulfide) groups is 1. The minimum Gasteiger partial charge on any atom is -0.365 e. The summed E-state index contributed by atoms with van der Waals surface area (Å²) in [5.74, 6) is 0.252. The molecule has 31 heavy (non-hydrogen) atoms. The molecule has 1 aliphatic carbocycles. The number of nitrogens with one attached hydrogen (secondary N) is 1. The number of thiophene rings is 1. The highest BCUT2D eigenvalue weighted by Gasteiger charge is 2.25. The van der Waals surface area contributed by atoms with Crippen molar-refractivity contribution in [2.45, 2.75) is 50.7 Å². The molecular weight excluding hydrogens is 432 g/mol. The van der Waals surface area contributed by atoms with Gasteiger partial charge < -0.3 is 15.6 Å².